The lowest BCUT2D eigenvalue weighted by Crippen LogP contribution is -2.13. The van der Waals surface area contributed by atoms with Gasteiger partial charge in [-0.25, -0.2) is 0 Å². The Bertz CT molecular complexity index is 837. The summed E-state index contributed by atoms with van der Waals surface area (Å²) < 4.78 is 7.11. The highest BCUT2D eigenvalue weighted by Gasteiger charge is 2.12. The van der Waals surface area contributed by atoms with Crippen LogP contribution in [0.3, 0.4) is 0 Å². The van der Waals surface area contributed by atoms with Gasteiger partial charge in [-0.3, -0.25) is 4.79 Å². The zero-order chi connectivity index (χ0) is 17.7. The number of methoxy groups -OCH3 is 1. The molecular formula is C17H11ClI2N2O2. The standard InChI is InChI=1S/C17H11ClI2N2O2/c1-24-16-14(19)6-10(7-15(16)20)5-11(9-21)17(23)22-13-4-2-3-12(18)8-13/h2-8H,1H3,(H,22,23)/b11-5-. The molecule has 0 aliphatic rings. The van der Waals surface area contributed by atoms with Crippen molar-refractivity contribution in [2.24, 2.45) is 0 Å². The van der Waals surface area contributed by atoms with Crippen molar-refractivity contribution < 1.29 is 9.53 Å². The van der Waals surface area contributed by atoms with Gasteiger partial charge in [-0.05, 0) is 87.2 Å². The number of hydrogen-bond acceptors (Lipinski definition) is 3. The number of nitrogens with one attached hydrogen (secondary N) is 1. The normalized spacial score (nSPS) is 10.9. The quantitative estimate of drug-likeness (QED) is 0.319. The Morgan fingerprint density at radius 1 is 1.29 bits per heavy atom. The summed E-state index contributed by atoms with van der Waals surface area (Å²) >= 11 is 10.2. The first-order chi connectivity index (χ1) is 11.4. The first-order valence-electron chi connectivity index (χ1n) is 6.66. The molecule has 0 fully saturated rings. The largest absolute Gasteiger partial charge is 0.495 e. The van der Waals surface area contributed by atoms with E-state index in [2.05, 4.69) is 50.5 Å². The highest BCUT2D eigenvalue weighted by atomic mass is 127. The number of halogens is 3. The molecule has 0 spiro atoms. The van der Waals surface area contributed by atoms with Crippen LogP contribution in [-0.4, -0.2) is 13.0 Å². The van der Waals surface area contributed by atoms with Gasteiger partial charge in [-0.15, -0.1) is 0 Å². The van der Waals surface area contributed by atoms with E-state index in [0.29, 0.717) is 10.7 Å². The van der Waals surface area contributed by atoms with Crippen molar-refractivity contribution in [3.63, 3.8) is 0 Å². The zero-order valence-electron chi connectivity index (χ0n) is 12.4. The van der Waals surface area contributed by atoms with Crippen LogP contribution in [0.4, 0.5) is 5.69 Å². The van der Waals surface area contributed by atoms with Crippen LogP contribution in [-0.2, 0) is 4.79 Å². The van der Waals surface area contributed by atoms with Gasteiger partial charge in [0.05, 0.1) is 14.3 Å². The van der Waals surface area contributed by atoms with Gasteiger partial charge in [-0.2, -0.15) is 5.26 Å². The Kier molecular flexibility index (Phi) is 6.89. The molecule has 0 aromatic heterocycles. The van der Waals surface area contributed by atoms with Crippen LogP contribution in [0.25, 0.3) is 6.08 Å². The van der Waals surface area contributed by atoms with Gasteiger partial charge in [0.25, 0.3) is 5.91 Å². The third-order valence-electron chi connectivity index (χ3n) is 2.98. The zero-order valence-corrected chi connectivity index (χ0v) is 17.5. The molecule has 0 atom stereocenters. The number of benzene rings is 2. The summed E-state index contributed by atoms with van der Waals surface area (Å²) in [5.74, 6) is 0.288. The van der Waals surface area contributed by atoms with Crippen LogP contribution in [0.2, 0.25) is 5.02 Å². The Labute approximate surface area is 172 Å². The van der Waals surface area contributed by atoms with Crippen molar-refractivity contribution >= 4 is 74.5 Å². The van der Waals surface area contributed by atoms with Gasteiger partial charge < -0.3 is 10.1 Å². The van der Waals surface area contributed by atoms with Crippen LogP contribution in [0.15, 0.2) is 42.0 Å². The molecule has 2 rings (SSSR count). The Balaban J connectivity index is 2.29. The average molecular weight is 565 g/mol. The summed E-state index contributed by atoms with van der Waals surface area (Å²) in [7, 11) is 1.61. The summed E-state index contributed by atoms with van der Waals surface area (Å²) in [6, 6.07) is 12.4. The minimum absolute atomic E-state index is 0.00624. The molecule has 0 aliphatic carbocycles. The van der Waals surface area contributed by atoms with E-state index in [0.717, 1.165) is 18.5 Å². The Morgan fingerprint density at radius 3 is 2.50 bits per heavy atom. The van der Waals surface area contributed by atoms with Crippen molar-refractivity contribution in [1.82, 2.24) is 0 Å². The molecule has 4 nitrogen and oxygen atoms in total. The Morgan fingerprint density at radius 2 is 1.96 bits per heavy atom. The fraction of sp³-hybridized carbons (Fsp3) is 0.0588. The maximum Gasteiger partial charge on any atom is 0.266 e. The summed E-state index contributed by atoms with van der Waals surface area (Å²) in [5, 5.41) is 12.5. The first-order valence-corrected chi connectivity index (χ1v) is 9.20. The lowest BCUT2D eigenvalue weighted by molar-refractivity contribution is -0.112. The maximum atomic E-state index is 12.3. The van der Waals surface area contributed by atoms with Gasteiger partial charge in [0.15, 0.2) is 0 Å². The van der Waals surface area contributed by atoms with E-state index in [9.17, 15) is 10.1 Å². The number of ether oxygens (including phenoxy) is 1. The predicted molar refractivity (Wildman–Crippen MR) is 112 cm³/mol. The summed E-state index contributed by atoms with van der Waals surface area (Å²) in [4.78, 5) is 12.3. The second kappa shape index (κ2) is 8.69. The molecule has 0 heterocycles. The van der Waals surface area contributed by atoms with Crippen LogP contribution < -0.4 is 10.1 Å². The van der Waals surface area contributed by atoms with Gasteiger partial charge in [-0.1, -0.05) is 17.7 Å². The topological polar surface area (TPSA) is 62.1 Å². The fourth-order valence-corrected chi connectivity index (χ4v) is 4.38. The minimum atomic E-state index is -0.486. The van der Waals surface area contributed by atoms with E-state index >= 15 is 0 Å². The molecule has 0 saturated carbocycles. The lowest BCUT2D eigenvalue weighted by atomic mass is 10.1. The number of carbonyl (C=O) groups is 1. The van der Waals surface area contributed by atoms with Crippen molar-refractivity contribution in [3.05, 3.63) is 59.7 Å². The molecule has 122 valence electrons. The van der Waals surface area contributed by atoms with Gasteiger partial charge in [0.1, 0.15) is 17.4 Å². The summed E-state index contributed by atoms with van der Waals surface area (Å²) in [6.07, 6.45) is 1.55. The Hall–Kier alpha value is -1.31. The van der Waals surface area contributed by atoms with Crippen LogP contribution in [0, 0.1) is 18.5 Å². The van der Waals surface area contributed by atoms with E-state index in [1.165, 1.54) is 0 Å². The van der Waals surface area contributed by atoms with Gasteiger partial charge in [0, 0.05) is 10.7 Å². The number of amides is 1. The molecule has 24 heavy (non-hydrogen) atoms. The minimum Gasteiger partial charge on any atom is -0.495 e. The number of rotatable bonds is 4. The molecule has 2 aromatic rings. The monoisotopic (exact) mass is 564 g/mol. The number of anilines is 1. The highest BCUT2D eigenvalue weighted by Crippen LogP contribution is 2.29. The molecule has 0 bridgehead atoms. The molecule has 7 heteroatoms. The molecular weight excluding hydrogens is 553 g/mol. The number of carbonyl (C=O) groups excluding carboxylic acids is 1. The number of hydrogen-bond donors (Lipinski definition) is 1. The molecule has 0 radical (unpaired) electrons. The van der Waals surface area contributed by atoms with Crippen molar-refractivity contribution in [2.45, 2.75) is 0 Å². The molecule has 0 aliphatic heterocycles. The van der Waals surface area contributed by atoms with Gasteiger partial charge in [0.2, 0.25) is 0 Å². The van der Waals surface area contributed by atoms with Crippen LogP contribution in [0.1, 0.15) is 5.56 Å². The van der Waals surface area contributed by atoms with E-state index in [-0.39, 0.29) is 5.57 Å². The lowest BCUT2D eigenvalue weighted by Gasteiger charge is -2.08. The van der Waals surface area contributed by atoms with E-state index in [1.807, 2.05) is 18.2 Å². The van der Waals surface area contributed by atoms with Gasteiger partial charge >= 0.3 is 0 Å². The smallest absolute Gasteiger partial charge is 0.266 e. The third-order valence-corrected chi connectivity index (χ3v) is 4.82. The first kappa shape index (κ1) is 19.0. The fourth-order valence-electron chi connectivity index (χ4n) is 1.94. The summed E-state index contributed by atoms with van der Waals surface area (Å²) in [5.41, 5.74) is 1.29. The molecule has 2 aromatic carbocycles. The van der Waals surface area contributed by atoms with Crippen molar-refractivity contribution in [1.29, 1.82) is 5.26 Å². The molecule has 0 saturated heterocycles. The maximum absolute atomic E-state index is 12.3. The molecule has 1 amide bonds. The van der Waals surface area contributed by atoms with Crippen molar-refractivity contribution in [2.75, 3.05) is 12.4 Å². The van der Waals surface area contributed by atoms with E-state index < -0.39 is 5.91 Å². The van der Waals surface area contributed by atoms with Crippen LogP contribution >= 0.6 is 56.8 Å². The van der Waals surface area contributed by atoms with E-state index in [1.54, 1.807) is 37.5 Å². The second-order valence-corrected chi connectivity index (χ2v) is 7.41. The molecule has 0 unspecified atom stereocenters. The second-order valence-electron chi connectivity index (χ2n) is 4.65. The SMILES string of the molecule is COc1c(I)cc(/C=C(/C#N)C(=O)Nc2cccc(Cl)c2)cc1I. The highest BCUT2D eigenvalue weighted by molar-refractivity contribution is 14.1. The third kappa shape index (κ3) is 4.84. The van der Waals surface area contributed by atoms with Crippen LogP contribution in [0.5, 0.6) is 5.75 Å². The molecule has 1 N–H and O–H groups in total. The average Bonchev–Trinajstić information content (AvgIpc) is 2.52. The predicted octanol–water partition coefficient (Wildman–Crippen LogP) is 5.10. The van der Waals surface area contributed by atoms with E-state index in [4.69, 9.17) is 16.3 Å². The van der Waals surface area contributed by atoms with Crippen molar-refractivity contribution in [3.8, 4) is 11.8 Å². The number of nitriles is 1. The summed E-state index contributed by atoms with van der Waals surface area (Å²) in [6.45, 7) is 0. The number of nitrogens with zero attached hydrogens (tertiary/aromatic N) is 1.